The summed E-state index contributed by atoms with van der Waals surface area (Å²) in [4.78, 5) is 23.6. The van der Waals surface area contributed by atoms with Crippen LogP contribution in [0.3, 0.4) is 0 Å². The summed E-state index contributed by atoms with van der Waals surface area (Å²) in [6, 6.07) is 4.95. The summed E-state index contributed by atoms with van der Waals surface area (Å²) in [5.41, 5.74) is 6.24. The second-order valence-electron chi connectivity index (χ2n) is 3.46. The van der Waals surface area contributed by atoms with Gasteiger partial charge in [-0.05, 0) is 18.2 Å². The summed E-state index contributed by atoms with van der Waals surface area (Å²) < 4.78 is 0. The Labute approximate surface area is 110 Å². The fourth-order valence-electron chi connectivity index (χ4n) is 1.28. The van der Waals surface area contributed by atoms with Gasteiger partial charge in [0.2, 0.25) is 5.95 Å². The van der Waals surface area contributed by atoms with Gasteiger partial charge in [0.05, 0.1) is 6.54 Å². The van der Waals surface area contributed by atoms with Gasteiger partial charge in [-0.3, -0.25) is 10.1 Å². The molecule has 0 aliphatic rings. The fraction of sp³-hybridized carbons (Fsp3) is 0.0769. The summed E-state index contributed by atoms with van der Waals surface area (Å²) in [7, 11) is 0. The van der Waals surface area contributed by atoms with Gasteiger partial charge in [-0.1, -0.05) is 11.8 Å². The van der Waals surface area contributed by atoms with Gasteiger partial charge in [-0.25, -0.2) is 15.0 Å². The Morgan fingerprint density at radius 2 is 2.05 bits per heavy atom. The third-order valence-corrected chi connectivity index (χ3v) is 2.12. The Kier molecular flexibility index (Phi) is 4.16. The van der Waals surface area contributed by atoms with E-state index in [4.69, 9.17) is 5.73 Å². The predicted octanol–water partition coefficient (Wildman–Crippen LogP) is 0.434. The van der Waals surface area contributed by atoms with Crippen LogP contribution in [0.1, 0.15) is 16.1 Å². The SMILES string of the molecule is NCC#Cc1ccc(C(=O)Nc2ncccn2)nc1. The molecule has 1 amide bonds. The third kappa shape index (κ3) is 3.59. The number of carbonyl (C=O) groups is 1. The number of aromatic nitrogens is 3. The molecular formula is C13H11N5O. The van der Waals surface area contributed by atoms with E-state index in [0.717, 1.165) is 0 Å². The van der Waals surface area contributed by atoms with Crippen molar-refractivity contribution in [1.29, 1.82) is 0 Å². The highest BCUT2D eigenvalue weighted by Gasteiger charge is 2.08. The highest BCUT2D eigenvalue weighted by molar-refractivity contribution is 6.01. The van der Waals surface area contributed by atoms with E-state index in [1.807, 2.05) is 0 Å². The number of anilines is 1. The van der Waals surface area contributed by atoms with Crippen molar-refractivity contribution in [3.05, 3.63) is 48.0 Å². The molecule has 6 nitrogen and oxygen atoms in total. The minimum Gasteiger partial charge on any atom is -0.320 e. The number of amides is 1. The Hall–Kier alpha value is -2.78. The average molecular weight is 253 g/mol. The van der Waals surface area contributed by atoms with E-state index in [1.165, 1.54) is 6.20 Å². The first kappa shape index (κ1) is 12.7. The van der Waals surface area contributed by atoms with Gasteiger partial charge in [0.1, 0.15) is 5.69 Å². The van der Waals surface area contributed by atoms with Crippen LogP contribution in [0.5, 0.6) is 0 Å². The molecule has 6 heteroatoms. The molecule has 0 fully saturated rings. The standard InChI is InChI=1S/C13H11N5O/c14-6-1-3-10-4-5-11(17-9-10)12(19)18-13-15-7-2-8-16-13/h2,4-5,7-9H,6,14H2,(H,15,16,18,19). The Balaban J connectivity index is 2.08. The van der Waals surface area contributed by atoms with Gasteiger partial charge in [-0.2, -0.15) is 0 Å². The quantitative estimate of drug-likeness (QED) is 0.757. The van der Waals surface area contributed by atoms with Crippen molar-refractivity contribution >= 4 is 11.9 Å². The molecule has 0 spiro atoms. The van der Waals surface area contributed by atoms with Crippen LogP contribution in [-0.4, -0.2) is 27.4 Å². The number of hydrogen-bond donors (Lipinski definition) is 2. The van der Waals surface area contributed by atoms with E-state index in [1.54, 1.807) is 30.6 Å². The maximum Gasteiger partial charge on any atom is 0.276 e. The number of hydrogen-bond acceptors (Lipinski definition) is 5. The van der Waals surface area contributed by atoms with Crippen molar-refractivity contribution in [2.24, 2.45) is 5.73 Å². The molecule has 2 heterocycles. The van der Waals surface area contributed by atoms with Crippen LogP contribution in [0.2, 0.25) is 0 Å². The van der Waals surface area contributed by atoms with E-state index in [0.29, 0.717) is 5.56 Å². The van der Waals surface area contributed by atoms with Crippen molar-refractivity contribution in [2.45, 2.75) is 0 Å². The monoisotopic (exact) mass is 253 g/mol. The molecule has 94 valence electrons. The molecule has 0 saturated heterocycles. The van der Waals surface area contributed by atoms with E-state index in [9.17, 15) is 4.79 Å². The minimum atomic E-state index is -0.371. The van der Waals surface area contributed by atoms with Crippen molar-refractivity contribution in [3.63, 3.8) is 0 Å². The lowest BCUT2D eigenvalue weighted by Crippen LogP contribution is -2.15. The highest BCUT2D eigenvalue weighted by Crippen LogP contribution is 2.02. The first-order valence-electron chi connectivity index (χ1n) is 5.53. The smallest absolute Gasteiger partial charge is 0.276 e. The van der Waals surface area contributed by atoms with Crippen LogP contribution in [0.25, 0.3) is 0 Å². The number of nitrogens with two attached hydrogens (primary N) is 1. The number of nitrogens with one attached hydrogen (secondary N) is 1. The number of nitrogens with zero attached hydrogens (tertiary/aromatic N) is 3. The second kappa shape index (κ2) is 6.23. The van der Waals surface area contributed by atoms with Crippen LogP contribution in [0.4, 0.5) is 5.95 Å². The van der Waals surface area contributed by atoms with Gasteiger partial charge in [0.15, 0.2) is 0 Å². The van der Waals surface area contributed by atoms with Crippen LogP contribution in [0, 0.1) is 11.8 Å². The van der Waals surface area contributed by atoms with E-state index in [2.05, 4.69) is 32.1 Å². The lowest BCUT2D eigenvalue weighted by molar-refractivity contribution is 0.102. The van der Waals surface area contributed by atoms with Crippen molar-refractivity contribution < 1.29 is 4.79 Å². The molecule has 0 atom stereocenters. The predicted molar refractivity (Wildman–Crippen MR) is 70.2 cm³/mol. The second-order valence-corrected chi connectivity index (χ2v) is 3.46. The molecule has 0 aromatic carbocycles. The number of carbonyl (C=O) groups excluding carboxylic acids is 1. The summed E-state index contributed by atoms with van der Waals surface area (Å²) in [6.07, 6.45) is 4.60. The zero-order valence-electron chi connectivity index (χ0n) is 10.00. The molecule has 3 N–H and O–H groups in total. The molecule has 0 unspecified atom stereocenters. The maximum absolute atomic E-state index is 11.8. The maximum atomic E-state index is 11.8. The van der Waals surface area contributed by atoms with Crippen LogP contribution < -0.4 is 11.1 Å². The molecule has 2 aromatic rings. The number of rotatable bonds is 2. The molecule has 0 saturated carbocycles. The lowest BCUT2D eigenvalue weighted by atomic mass is 10.2. The Morgan fingerprint density at radius 1 is 1.26 bits per heavy atom. The van der Waals surface area contributed by atoms with Crippen LogP contribution in [0.15, 0.2) is 36.8 Å². The average Bonchev–Trinajstić information content (AvgIpc) is 2.46. The first-order chi connectivity index (χ1) is 9.29. The van der Waals surface area contributed by atoms with Crippen LogP contribution >= 0.6 is 0 Å². The third-order valence-electron chi connectivity index (χ3n) is 2.12. The topological polar surface area (TPSA) is 93.8 Å². The van der Waals surface area contributed by atoms with Gasteiger partial charge in [0, 0.05) is 24.2 Å². The van der Waals surface area contributed by atoms with Gasteiger partial charge in [-0.15, -0.1) is 0 Å². The minimum absolute atomic E-state index is 0.237. The molecule has 0 aliphatic heterocycles. The molecule has 2 aromatic heterocycles. The van der Waals surface area contributed by atoms with Crippen molar-refractivity contribution in [2.75, 3.05) is 11.9 Å². The number of pyridine rings is 1. The highest BCUT2D eigenvalue weighted by atomic mass is 16.2. The lowest BCUT2D eigenvalue weighted by Gasteiger charge is -2.02. The molecule has 0 aliphatic carbocycles. The van der Waals surface area contributed by atoms with Crippen LogP contribution in [-0.2, 0) is 0 Å². The van der Waals surface area contributed by atoms with Crippen molar-refractivity contribution in [3.8, 4) is 11.8 Å². The molecule has 19 heavy (non-hydrogen) atoms. The molecule has 0 radical (unpaired) electrons. The van der Waals surface area contributed by atoms with Gasteiger partial charge >= 0.3 is 0 Å². The summed E-state index contributed by atoms with van der Waals surface area (Å²) in [6.45, 7) is 0.285. The van der Waals surface area contributed by atoms with Gasteiger partial charge in [0.25, 0.3) is 5.91 Å². The zero-order chi connectivity index (χ0) is 13.5. The Morgan fingerprint density at radius 3 is 2.68 bits per heavy atom. The molecule has 0 bridgehead atoms. The van der Waals surface area contributed by atoms with E-state index in [-0.39, 0.29) is 24.1 Å². The molecular weight excluding hydrogens is 242 g/mol. The normalized spacial score (nSPS) is 9.32. The van der Waals surface area contributed by atoms with Crippen molar-refractivity contribution in [1.82, 2.24) is 15.0 Å². The summed E-state index contributed by atoms with van der Waals surface area (Å²) in [5.74, 6) is 5.40. The van der Waals surface area contributed by atoms with E-state index >= 15 is 0 Å². The van der Waals surface area contributed by atoms with Gasteiger partial charge < -0.3 is 5.73 Å². The summed E-state index contributed by atoms with van der Waals surface area (Å²) >= 11 is 0. The Bertz CT molecular complexity index is 613. The fourth-order valence-corrected chi connectivity index (χ4v) is 1.28. The van der Waals surface area contributed by atoms with E-state index < -0.39 is 0 Å². The molecule has 2 rings (SSSR count). The summed E-state index contributed by atoms with van der Waals surface area (Å²) in [5, 5.41) is 2.54. The largest absolute Gasteiger partial charge is 0.320 e. The first-order valence-corrected chi connectivity index (χ1v) is 5.53. The zero-order valence-corrected chi connectivity index (χ0v) is 10.00.